The van der Waals surface area contributed by atoms with E-state index in [-0.39, 0.29) is 12.1 Å². The quantitative estimate of drug-likeness (QED) is 0.876. The summed E-state index contributed by atoms with van der Waals surface area (Å²) < 4.78 is 0. The van der Waals surface area contributed by atoms with Crippen LogP contribution in [0.25, 0.3) is 0 Å². The number of para-hydroxylation sites is 1. The number of aryl methyl sites for hydroxylation is 1. The summed E-state index contributed by atoms with van der Waals surface area (Å²) in [6.45, 7) is 5.48. The van der Waals surface area contributed by atoms with Crippen molar-refractivity contribution in [3.05, 3.63) is 65.7 Å². The van der Waals surface area contributed by atoms with Crippen LogP contribution in [-0.4, -0.2) is 38.1 Å². The number of nitrogens with one attached hydrogen (secondary N) is 1. The Kier molecular flexibility index (Phi) is 6.24. The zero-order chi connectivity index (χ0) is 17.5. The first-order chi connectivity index (χ1) is 11.5. The maximum absolute atomic E-state index is 12.3. The van der Waals surface area contributed by atoms with Gasteiger partial charge in [0.05, 0.1) is 6.04 Å². The molecule has 0 spiro atoms. The normalized spacial score (nSPS) is 11.7. The highest BCUT2D eigenvalue weighted by atomic mass is 16.2. The first-order valence-corrected chi connectivity index (χ1v) is 8.32. The average molecular weight is 325 g/mol. The number of carbonyl (C=O) groups excluding carboxylic acids is 1. The van der Waals surface area contributed by atoms with E-state index in [4.69, 9.17) is 0 Å². The predicted octanol–water partition coefficient (Wildman–Crippen LogP) is 3.83. The topological polar surface area (TPSA) is 35.6 Å². The average Bonchev–Trinajstić information content (AvgIpc) is 2.61. The van der Waals surface area contributed by atoms with Crippen LogP contribution < -0.4 is 10.2 Å². The zero-order valence-corrected chi connectivity index (χ0v) is 15.0. The van der Waals surface area contributed by atoms with Crippen LogP contribution in [0.4, 0.5) is 10.5 Å². The molecule has 24 heavy (non-hydrogen) atoms. The van der Waals surface area contributed by atoms with Crippen LogP contribution in [-0.2, 0) is 0 Å². The van der Waals surface area contributed by atoms with E-state index in [0.29, 0.717) is 6.54 Å². The summed E-state index contributed by atoms with van der Waals surface area (Å²) >= 11 is 0. The molecule has 0 fully saturated rings. The van der Waals surface area contributed by atoms with E-state index in [2.05, 4.69) is 53.5 Å². The number of hydrogen-bond donors (Lipinski definition) is 1. The summed E-state index contributed by atoms with van der Waals surface area (Å²) in [5, 5.41) is 2.99. The fourth-order valence-corrected chi connectivity index (χ4v) is 2.51. The number of hydrogen-bond acceptors (Lipinski definition) is 2. The van der Waals surface area contributed by atoms with Gasteiger partial charge in [-0.3, -0.25) is 0 Å². The largest absolute Gasteiger partial charge is 0.373 e. The zero-order valence-electron chi connectivity index (χ0n) is 15.0. The highest BCUT2D eigenvalue weighted by molar-refractivity contribution is 5.74. The second kappa shape index (κ2) is 8.39. The number of carbonyl (C=O) groups is 1. The third kappa shape index (κ3) is 4.75. The van der Waals surface area contributed by atoms with Gasteiger partial charge in [0.15, 0.2) is 0 Å². The molecule has 0 bridgehead atoms. The minimum absolute atomic E-state index is 0.0393. The first-order valence-electron chi connectivity index (χ1n) is 8.32. The van der Waals surface area contributed by atoms with E-state index in [0.717, 1.165) is 17.8 Å². The summed E-state index contributed by atoms with van der Waals surface area (Å²) in [7, 11) is 3.86. The Bertz CT molecular complexity index is 640. The van der Waals surface area contributed by atoms with Crippen LogP contribution in [0.2, 0.25) is 0 Å². The van der Waals surface area contributed by atoms with Crippen molar-refractivity contribution in [2.45, 2.75) is 19.9 Å². The van der Waals surface area contributed by atoms with Gasteiger partial charge >= 0.3 is 6.03 Å². The fourth-order valence-electron chi connectivity index (χ4n) is 2.51. The lowest BCUT2D eigenvalue weighted by Crippen LogP contribution is -2.41. The second-order valence-corrected chi connectivity index (χ2v) is 6.19. The summed E-state index contributed by atoms with van der Waals surface area (Å²) in [5.41, 5.74) is 3.51. The second-order valence-electron chi connectivity index (χ2n) is 6.19. The molecule has 128 valence electrons. The molecule has 4 heteroatoms. The molecule has 1 atom stereocenters. The van der Waals surface area contributed by atoms with Crippen LogP contribution in [0.3, 0.4) is 0 Å². The lowest BCUT2D eigenvalue weighted by molar-refractivity contribution is 0.195. The Morgan fingerprint density at radius 3 is 2.29 bits per heavy atom. The first kappa shape index (κ1) is 17.9. The van der Waals surface area contributed by atoms with Crippen molar-refractivity contribution >= 4 is 11.7 Å². The molecule has 1 unspecified atom stereocenters. The van der Waals surface area contributed by atoms with Gasteiger partial charge in [-0.1, -0.05) is 48.0 Å². The standard InChI is InChI=1S/C20H27N3O/c1-16-10-12-18(13-11-16)17(2)23(4)20(24)21-14-15-22(3)19-8-6-5-7-9-19/h5-13,17H,14-15H2,1-4H3,(H,21,24). The molecule has 2 rings (SSSR count). The molecule has 0 radical (unpaired) electrons. The number of amides is 2. The van der Waals surface area contributed by atoms with Crippen molar-refractivity contribution < 1.29 is 4.79 Å². The molecule has 0 aliphatic rings. The minimum atomic E-state index is -0.0514. The number of urea groups is 1. The van der Waals surface area contributed by atoms with Crippen LogP contribution in [0, 0.1) is 6.92 Å². The molecule has 0 saturated heterocycles. The van der Waals surface area contributed by atoms with E-state index in [9.17, 15) is 4.79 Å². The van der Waals surface area contributed by atoms with Crippen LogP contribution in [0.5, 0.6) is 0 Å². The maximum Gasteiger partial charge on any atom is 0.317 e. The molecular weight excluding hydrogens is 298 g/mol. The van der Waals surface area contributed by atoms with Gasteiger partial charge in [-0.2, -0.15) is 0 Å². The monoisotopic (exact) mass is 325 g/mol. The number of likely N-dealkylation sites (N-methyl/N-ethyl adjacent to an activating group) is 1. The molecule has 0 aliphatic heterocycles. The summed E-state index contributed by atoms with van der Waals surface area (Å²) in [6, 6.07) is 18.4. The molecule has 0 aromatic heterocycles. The molecule has 2 amide bonds. The van der Waals surface area contributed by atoms with E-state index in [1.165, 1.54) is 5.56 Å². The van der Waals surface area contributed by atoms with Crippen molar-refractivity contribution in [3.8, 4) is 0 Å². The Morgan fingerprint density at radius 1 is 1.04 bits per heavy atom. The Balaban J connectivity index is 1.82. The Morgan fingerprint density at radius 2 is 1.67 bits per heavy atom. The highest BCUT2D eigenvalue weighted by Crippen LogP contribution is 2.19. The molecule has 2 aromatic carbocycles. The number of anilines is 1. The summed E-state index contributed by atoms with van der Waals surface area (Å²) in [5.74, 6) is 0. The number of benzene rings is 2. The van der Waals surface area contributed by atoms with Gasteiger partial charge in [0.25, 0.3) is 0 Å². The number of nitrogens with zero attached hydrogens (tertiary/aromatic N) is 2. The van der Waals surface area contributed by atoms with Gasteiger partial charge in [-0.15, -0.1) is 0 Å². The molecule has 2 aromatic rings. The molecule has 0 saturated carbocycles. The third-order valence-corrected chi connectivity index (χ3v) is 4.38. The lowest BCUT2D eigenvalue weighted by Gasteiger charge is -2.26. The van der Waals surface area contributed by atoms with Gasteiger partial charge in [-0.05, 0) is 31.5 Å². The van der Waals surface area contributed by atoms with Crippen molar-refractivity contribution in [2.75, 3.05) is 32.1 Å². The highest BCUT2D eigenvalue weighted by Gasteiger charge is 2.16. The maximum atomic E-state index is 12.3. The fraction of sp³-hybridized carbons (Fsp3) is 0.350. The van der Waals surface area contributed by atoms with Crippen LogP contribution in [0.1, 0.15) is 24.1 Å². The lowest BCUT2D eigenvalue weighted by atomic mass is 10.1. The molecule has 1 N–H and O–H groups in total. The minimum Gasteiger partial charge on any atom is -0.373 e. The predicted molar refractivity (Wildman–Crippen MR) is 100 cm³/mol. The van der Waals surface area contributed by atoms with Gasteiger partial charge in [0.1, 0.15) is 0 Å². The van der Waals surface area contributed by atoms with Gasteiger partial charge in [0, 0.05) is 32.9 Å². The van der Waals surface area contributed by atoms with Crippen molar-refractivity contribution in [1.82, 2.24) is 10.2 Å². The summed E-state index contributed by atoms with van der Waals surface area (Å²) in [6.07, 6.45) is 0. The van der Waals surface area contributed by atoms with Gasteiger partial charge in [0.2, 0.25) is 0 Å². The van der Waals surface area contributed by atoms with Gasteiger partial charge < -0.3 is 15.1 Å². The van der Waals surface area contributed by atoms with Gasteiger partial charge in [-0.25, -0.2) is 4.79 Å². The van der Waals surface area contributed by atoms with E-state index >= 15 is 0 Å². The molecule has 0 heterocycles. The van der Waals surface area contributed by atoms with Crippen LogP contribution >= 0.6 is 0 Å². The molecule has 0 aliphatic carbocycles. The van der Waals surface area contributed by atoms with E-state index in [1.54, 1.807) is 4.90 Å². The molecule has 4 nitrogen and oxygen atoms in total. The van der Waals surface area contributed by atoms with E-state index in [1.807, 2.05) is 39.2 Å². The van der Waals surface area contributed by atoms with Crippen LogP contribution in [0.15, 0.2) is 54.6 Å². The third-order valence-electron chi connectivity index (χ3n) is 4.38. The summed E-state index contributed by atoms with van der Waals surface area (Å²) in [4.78, 5) is 16.2. The smallest absolute Gasteiger partial charge is 0.317 e. The Labute approximate surface area is 145 Å². The molecular formula is C20H27N3O. The van der Waals surface area contributed by atoms with Crippen molar-refractivity contribution in [1.29, 1.82) is 0 Å². The van der Waals surface area contributed by atoms with Crippen molar-refractivity contribution in [3.63, 3.8) is 0 Å². The van der Waals surface area contributed by atoms with Crippen molar-refractivity contribution in [2.24, 2.45) is 0 Å². The van der Waals surface area contributed by atoms with E-state index < -0.39 is 0 Å². The Hall–Kier alpha value is -2.49. The SMILES string of the molecule is Cc1ccc(C(C)N(C)C(=O)NCCN(C)c2ccccc2)cc1. The number of rotatable bonds is 6.